The summed E-state index contributed by atoms with van der Waals surface area (Å²) in [4.78, 5) is 16.4. The van der Waals surface area contributed by atoms with Gasteiger partial charge < -0.3 is 10.6 Å². The monoisotopic (exact) mass is 278 g/mol. The molecule has 2 aliphatic rings. The summed E-state index contributed by atoms with van der Waals surface area (Å²) in [6, 6.07) is 4.65. The lowest BCUT2D eigenvalue weighted by Crippen LogP contribution is -2.47. The topological polar surface area (TPSA) is 46.3 Å². The van der Waals surface area contributed by atoms with E-state index < -0.39 is 0 Å². The number of amides is 1. The van der Waals surface area contributed by atoms with Crippen LogP contribution in [-0.4, -0.2) is 23.4 Å². The molecule has 2 N–H and O–H groups in total. The van der Waals surface area contributed by atoms with Crippen LogP contribution >= 0.6 is 11.3 Å². The summed E-state index contributed by atoms with van der Waals surface area (Å²) in [5.74, 6) is 0.323. The number of nitrogens with zero attached hydrogens (tertiary/aromatic N) is 1. The van der Waals surface area contributed by atoms with Crippen LogP contribution in [0.3, 0.4) is 0 Å². The second-order valence-corrected chi connectivity index (χ2v) is 6.97. The molecule has 0 radical (unpaired) electrons. The first-order chi connectivity index (χ1) is 9.25. The van der Waals surface area contributed by atoms with Gasteiger partial charge in [0.15, 0.2) is 0 Å². The maximum Gasteiger partial charge on any atom is 0.230 e. The zero-order chi connectivity index (χ0) is 13.3. The number of nitrogens with two attached hydrogens (primary N) is 1. The molecule has 19 heavy (non-hydrogen) atoms. The van der Waals surface area contributed by atoms with E-state index in [-0.39, 0.29) is 5.41 Å². The summed E-state index contributed by atoms with van der Waals surface area (Å²) in [5, 5.41) is 2.08. The van der Waals surface area contributed by atoms with Crippen LogP contribution in [0.15, 0.2) is 17.5 Å². The molecule has 4 heteroatoms. The van der Waals surface area contributed by atoms with E-state index in [0.717, 1.165) is 45.1 Å². The molecule has 3 rings (SSSR count). The van der Waals surface area contributed by atoms with Crippen molar-refractivity contribution in [2.75, 3.05) is 6.54 Å². The van der Waals surface area contributed by atoms with E-state index in [0.29, 0.717) is 18.5 Å². The first-order valence-electron chi connectivity index (χ1n) is 7.29. The third-order valence-electron chi connectivity index (χ3n) is 4.56. The van der Waals surface area contributed by atoms with Crippen LogP contribution in [0.5, 0.6) is 0 Å². The van der Waals surface area contributed by atoms with Crippen LogP contribution in [0.25, 0.3) is 0 Å². The average Bonchev–Trinajstić information content (AvgIpc) is 2.96. The molecule has 2 aliphatic carbocycles. The number of hydrogen-bond donors (Lipinski definition) is 1. The maximum atomic E-state index is 13.0. The molecule has 0 bridgehead atoms. The Morgan fingerprint density at radius 3 is 2.68 bits per heavy atom. The van der Waals surface area contributed by atoms with Gasteiger partial charge in [-0.05, 0) is 37.1 Å². The molecular formula is C15H22N2OS. The fraction of sp³-hybridized carbons (Fsp3) is 0.667. The van der Waals surface area contributed by atoms with Crippen molar-refractivity contribution in [3.8, 4) is 0 Å². The molecule has 2 fully saturated rings. The van der Waals surface area contributed by atoms with E-state index in [1.54, 1.807) is 11.3 Å². The number of thiophene rings is 1. The van der Waals surface area contributed by atoms with Crippen LogP contribution in [0, 0.1) is 5.41 Å². The van der Waals surface area contributed by atoms with Gasteiger partial charge in [0, 0.05) is 17.5 Å². The Morgan fingerprint density at radius 2 is 2.16 bits per heavy atom. The highest BCUT2D eigenvalue weighted by Crippen LogP contribution is 2.42. The molecule has 0 atom stereocenters. The number of carbonyl (C=O) groups excluding carboxylic acids is 1. The van der Waals surface area contributed by atoms with E-state index >= 15 is 0 Å². The summed E-state index contributed by atoms with van der Waals surface area (Å²) >= 11 is 1.74. The minimum atomic E-state index is -0.250. The Labute approximate surface area is 118 Å². The Hall–Kier alpha value is -0.870. The predicted octanol–water partition coefficient (Wildman–Crippen LogP) is 2.76. The highest BCUT2D eigenvalue weighted by molar-refractivity contribution is 7.09. The van der Waals surface area contributed by atoms with Crippen LogP contribution in [-0.2, 0) is 11.3 Å². The predicted molar refractivity (Wildman–Crippen MR) is 77.8 cm³/mol. The summed E-state index contributed by atoms with van der Waals surface area (Å²) in [5.41, 5.74) is 5.71. The first-order valence-corrected chi connectivity index (χ1v) is 8.17. The van der Waals surface area contributed by atoms with E-state index in [9.17, 15) is 4.79 Å². The third kappa shape index (κ3) is 2.56. The van der Waals surface area contributed by atoms with Crippen molar-refractivity contribution in [3.05, 3.63) is 22.4 Å². The fourth-order valence-electron chi connectivity index (χ4n) is 3.19. The fourth-order valence-corrected chi connectivity index (χ4v) is 3.89. The highest BCUT2D eigenvalue weighted by atomic mass is 32.1. The lowest BCUT2D eigenvalue weighted by molar-refractivity contribution is -0.142. The summed E-state index contributed by atoms with van der Waals surface area (Å²) in [6.07, 6.45) is 6.60. The Bertz CT molecular complexity index is 433. The third-order valence-corrected chi connectivity index (χ3v) is 5.42. The van der Waals surface area contributed by atoms with Gasteiger partial charge in [0.25, 0.3) is 0 Å². The van der Waals surface area contributed by atoms with Gasteiger partial charge in [-0.3, -0.25) is 4.79 Å². The van der Waals surface area contributed by atoms with Crippen molar-refractivity contribution in [1.29, 1.82) is 0 Å². The van der Waals surface area contributed by atoms with E-state index in [1.807, 2.05) is 0 Å². The van der Waals surface area contributed by atoms with Gasteiger partial charge in [0.05, 0.1) is 12.0 Å². The minimum Gasteiger partial charge on any atom is -0.334 e. The van der Waals surface area contributed by atoms with Gasteiger partial charge >= 0.3 is 0 Å². The molecule has 1 heterocycles. The van der Waals surface area contributed by atoms with Crippen molar-refractivity contribution >= 4 is 17.2 Å². The van der Waals surface area contributed by atoms with Crippen LogP contribution in [0.1, 0.15) is 43.4 Å². The lowest BCUT2D eigenvalue weighted by Gasteiger charge is -2.33. The summed E-state index contributed by atoms with van der Waals surface area (Å²) in [7, 11) is 0. The minimum absolute atomic E-state index is 0.250. The second kappa shape index (κ2) is 5.25. The Kier molecular flexibility index (Phi) is 3.63. The van der Waals surface area contributed by atoms with Gasteiger partial charge in [-0.2, -0.15) is 0 Å². The quantitative estimate of drug-likeness (QED) is 0.900. The van der Waals surface area contributed by atoms with Gasteiger partial charge in [0.1, 0.15) is 0 Å². The summed E-state index contributed by atoms with van der Waals surface area (Å²) in [6.45, 7) is 1.29. The standard InChI is InChI=1S/C15H22N2OS/c16-11-15(7-1-2-8-15)14(18)17(12-5-6-12)10-13-4-3-9-19-13/h3-4,9,12H,1-2,5-8,10-11,16H2. The number of rotatable bonds is 5. The van der Waals surface area contributed by atoms with Crippen molar-refractivity contribution < 1.29 is 4.79 Å². The van der Waals surface area contributed by atoms with Crippen LogP contribution < -0.4 is 5.73 Å². The molecule has 0 unspecified atom stereocenters. The SMILES string of the molecule is NCC1(C(=O)N(Cc2cccs2)C2CC2)CCCC1. The second-order valence-electron chi connectivity index (χ2n) is 5.94. The number of carbonyl (C=O) groups is 1. The average molecular weight is 278 g/mol. The van der Waals surface area contributed by atoms with Gasteiger partial charge in [-0.1, -0.05) is 18.9 Å². The maximum absolute atomic E-state index is 13.0. The van der Waals surface area contributed by atoms with Crippen molar-refractivity contribution in [3.63, 3.8) is 0 Å². The van der Waals surface area contributed by atoms with Crippen molar-refractivity contribution in [2.45, 2.75) is 51.1 Å². The zero-order valence-electron chi connectivity index (χ0n) is 11.3. The molecule has 2 saturated carbocycles. The molecule has 3 nitrogen and oxygen atoms in total. The zero-order valence-corrected chi connectivity index (χ0v) is 12.1. The summed E-state index contributed by atoms with van der Waals surface area (Å²) < 4.78 is 0. The molecule has 0 saturated heterocycles. The molecule has 1 amide bonds. The molecule has 0 aliphatic heterocycles. The normalized spacial score (nSPS) is 21.5. The molecule has 1 aromatic heterocycles. The van der Waals surface area contributed by atoms with Gasteiger partial charge in [-0.15, -0.1) is 11.3 Å². The molecule has 0 aromatic carbocycles. The van der Waals surface area contributed by atoms with E-state index in [4.69, 9.17) is 5.73 Å². The van der Waals surface area contributed by atoms with Crippen LogP contribution in [0.4, 0.5) is 0 Å². The van der Waals surface area contributed by atoms with Crippen LogP contribution in [0.2, 0.25) is 0 Å². The van der Waals surface area contributed by atoms with E-state index in [1.165, 1.54) is 4.88 Å². The lowest BCUT2D eigenvalue weighted by atomic mass is 9.84. The Morgan fingerprint density at radius 1 is 1.42 bits per heavy atom. The highest BCUT2D eigenvalue weighted by Gasteiger charge is 2.45. The van der Waals surface area contributed by atoms with Gasteiger partial charge in [-0.25, -0.2) is 0 Å². The van der Waals surface area contributed by atoms with Crippen molar-refractivity contribution in [2.24, 2.45) is 11.1 Å². The Balaban J connectivity index is 1.77. The smallest absolute Gasteiger partial charge is 0.230 e. The molecule has 0 spiro atoms. The molecule has 1 aromatic rings. The molecule has 104 valence electrons. The van der Waals surface area contributed by atoms with Crippen molar-refractivity contribution in [1.82, 2.24) is 4.90 Å². The first kappa shape index (κ1) is 13.1. The van der Waals surface area contributed by atoms with Gasteiger partial charge in [0.2, 0.25) is 5.91 Å². The van der Waals surface area contributed by atoms with E-state index in [2.05, 4.69) is 22.4 Å². The molecular weight excluding hydrogens is 256 g/mol. The largest absolute Gasteiger partial charge is 0.334 e. The number of hydrogen-bond acceptors (Lipinski definition) is 3.